The van der Waals surface area contributed by atoms with Gasteiger partial charge >= 0.3 is 5.97 Å². The number of aryl methyl sites for hydroxylation is 1. The molecular formula is C14H10Cl2O2. The van der Waals surface area contributed by atoms with Crippen molar-refractivity contribution in [2.75, 3.05) is 0 Å². The van der Waals surface area contributed by atoms with Crippen molar-refractivity contribution in [1.29, 1.82) is 0 Å². The van der Waals surface area contributed by atoms with Crippen molar-refractivity contribution in [3.8, 4) is 11.1 Å². The number of hydrogen-bond acceptors (Lipinski definition) is 1. The standard InChI is InChI=1S/C14H10Cl2O2/c1-8-4-10(6-11(5-8)14(17)18)9-2-3-12(15)13(16)7-9/h2-7H,1H3,(H,17,18). The van der Waals surface area contributed by atoms with Crippen LogP contribution in [-0.4, -0.2) is 11.1 Å². The smallest absolute Gasteiger partial charge is 0.335 e. The normalized spacial score (nSPS) is 10.4. The molecule has 0 heterocycles. The summed E-state index contributed by atoms with van der Waals surface area (Å²) in [6.45, 7) is 1.85. The van der Waals surface area contributed by atoms with E-state index in [-0.39, 0.29) is 5.56 Å². The van der Waals surface area contributed by atoms with E-state index in [1.807, 2.05) is 19.1 Å². The quantitative estimate of drug-likeness (QED) is 0.868. The van der Waals surface area contributed by atoms with Gasteiger partial charge in [0.15, 0.2) is 0 Å². The van der Waals surface area contributed by atoms with Crippen LogP contribution < -0.4 is 0 Å². The fraction of sp³-hybridized carbons (Fsp3) is 0.0714. The average molecular weight is 281 g/mol. The van der Waals surface area contributed by atoms with Gasteiger partial charge in [0.2, 0.25) is 0 Å². The Hall–Kier alpha value is -1.51. The van der Waals surface area contributed by atoms with E-state index >= 15 is 0 Å². The zero-order chi connectivity index (χ0) is 13.3. The first-order valence-electron chi connectivity index (χ1n) is 5.28. The molecule has 0 radical (unpaired) electrons. The molecule has 0 unspecified atom stereocenters. The molecule has 0 aromatic heterocycles. The predicted octanol–water partition coefficient (Wildman–Crippen LogP) is 4.67. The Balaban J connectivity index is 2.56. The van der Waals surface area contributed by atoms with Crippen molar-refractivity contribution in [3.05, 3.63) is 57.6 Å². The molecule has 4 heteroatoms. The van der Waals surface area contributed by atoms with E-state index in [1.54, 1.807) is 24.3 Å². The minimum absolute atomic E-state index is 0.260. The summed E-state index contributed by atoms with van der Waals surface area (Å²) in [5.74, 6) is -0.944. The Morgan fingerprint density at radius 1 is 1.00 bits per heavy atom. The maximum atomic E-state index is 11.0. The summed E-state index contributed by atoms with van der Waals surface area (Å²) < 4.78 is 0. The molecule has 0 saturated heterocycles. The third-order valence-electron chi connectivity index (χ3n) is 2.58. The van der Waals surface area contributed by atoms with Crippen molar-refractivity contribution < 1.29 is 9.90 Å². The molecule has 0 saturated carbocycles. The number of carboxylic acid groups (broad SMARTS) is 1. The maximum Gasteiger partial charge on any atom is 0.335 e. The highest BCUT2D eigenvalue weighted by Crippen LogP contribution is 2.29. The first-order chi connectivity index (χ1) is 8.47. The fourth-order valence-corrected chi connectivity index (χ4v) is 2.05. The lowest BCUT2D eigenvalue weighted by molar-refractivity contribution is 0.0697. The van der Waals surface area contributed by atoms with E-state index in [1.165, 1.54) is 0 Å². The average Bonchev–Trinajstić information content (AvgIpc) is 2.31. The summed E-state index contributed by atoms with van der Waals surface area (Å²) in [6, 6.07) is 10.4. The third kappa shape index (κ3) is 2.66. The van der Waals surface area contributed by atoms with Crippen molar-refractivity contribution in [3.63, 3.8) is 0 Å². The molecule has 0 atom stereocenters. The second-order valence-corrected chi connectivity index (χ2v) is 4.84. The van der Waals surface area contributed by atoms with E-state index in [2.05, 4.69) is 0 Å². The van der Waals surface area contributed by atoms with Gasteiger partial charge in [0, 0.05) is 0 Å². The zero-order valence-corrected chi connectivity index (χ0v) is 11.1. The lowest BCUT2D eigenvalue weighted by Gasteiger charge is -2.06. The fourth-order valence-electron chi connectivity index (χ4n) is 1.75. The van der Waals surface area contributed by atoms with Crippen LogP contribution >= 0.6 is 23.2 Å². The first kappa shape index (κ1) is 12.9. The summed E-state index contributed by atoms with van der Waals surface area (Å²) >= 11 is 11.8. The molecule has 0 fully saturated rings. The SMILES string of the molecule is Cc1cc(C(=O)O)cc(-c2ccc(Cl)c(Cl)c2)c1. The molecule has 0 bridgehead atoms. The minimum atomic E-state index is -0.944. The first-order valence-corrected chi connectivity index (χ1v) is 6.03. The van der Waals surface area contributed by atoms with Crippen LogP contribution in [-0.2, 0) is 0 Å². The van der Waals surface area contributed by atoms with Gasteiger partial charge in [-0.1, -0.05) is 35.3 Å². The molecule has 0 spiro atoms. The highest BCUT2D eigenvalue weighted by Gasteiger charge is 2.08. The molecule has 2 rings (SSSR count). The molecule has 18 heavy (non-hydrogen) atoms. The second-order valence-electron chi connectivity index (χ2n) is 4.02. The Kier molecular flexibility index (Phi) is 3.60. The van der Waals surface area contributed by atoms with Crippen molar-refractivity contribution >= 4 is 29.2 Å². The highest BCUT2D eigenvalue weighted by molar-refractivity contribution is 6.42. The Bertz CT molecular complexity index is 621. The van der Waals surface area contributed by atoms with Crippen LogP contribution in [0.3, 0.4) is 0 Å². The third-order valence-corrected chi connectivity index (χ3v) is 3.32. The molecule has 0 aliphatic carbocycles. The predicted molar refractivity (Wildman–Crippen MR) is 73.6 cm³/mol. The van der Waals surface area contributed by atoms with Gasteiger partial charge in [0.25, 0.3) is 0 Å². The van der Waals surface area contributed by atoms with E-state index in [0.29, 0.717) is 10.0 Å². The molecule has 2 aromatic rings. The van der Waals surface area contributed by atoms with E-state index in [9.17, 15) is 4.79 Å². The number of hydrogen-bond donors (Lipinski definition) is 1. The van der Waals surface area contributed by atoms with Gasteiger partial charge in [0.05, 0.1) is 15.6 Å². The van der Waals surface area contributed by atoms with Gasteiger partial charge < -0.3 is 5.11 Å². The van der Waals surface area contributed by atoms with Crippen LogP contribution in [0, 0.1) is 6.92 Å². The van der Waals surface area contributed by atoms with Crippen molar-refractivity contribution in [1.82, 2.24) is 0 Å². The molecule has 0 aliphatic heterocycles. The van der Waals surface area contributed by atoms with Gasteiger partial charge in [-0.15, -0.1) is 0 Å². The monoisotopic (exact) mass is 280 g/mol. The van der Waals surface area contributed by atoms with E-state index in [4.69, 9.17) is 28.3 Å². The summed E-state index contributed by atoms with van der Waals surface area (Å²) in [5.41, 5.74) is 2.80. The van der Waals surface area contributed by atoms with Crippen LogP contribution in [0.5, 0.6) is 0 Å². The van der Waals surface area contributed by atoms with Crippen LogP contribution in [0.2, 0.25) is 10.0 Å². The number of carbonyl (C=O) groups is 1. The Morgan fingerprint density at radius 2 is 1.72 bits per heavy atom. The zero-order valence-electron chi connectivity index (χ0n) is 9.58. The molecule has 0 amide bonds. The molecular weight excluding hydrogens is 271 g/mol. The molecule has 2 nitrogen and oxygen atoms in total. The maximum absolute atomic E-state index is 11.0. The summed E-state index contributed by atoms with van der Waals surface area (Å²) in [4.78, 5) is 11.0. The number of carboxylic acids is 1. The highest BCUT2D eigenvalue weighted by atomic mass is 35.5. The molecule has 1 N–H and O–H groups in total. The van der Waals surface area contributed by atoms with Crippen LogP contribution in [0.1, 0.15) is 15.9 Å². The summed E-state index contributed by atoms with van der Waals surface area (Å²) in [7, 11) is 0. The van der Waals surface area contributed by atoms with E-state index in [0.717, 1.165) is 16.7 Å². The van der Waals surface area contributed by atoms with Gasteiger partial charge in [-0.25, -0.2) is 4.79 Å². The number of rotatable bonds is 2. The number of aromatic carboxylic acids is 1. The van der Waals surface area contributed by atoms with E-state index < -0.39 is 5.97 Å². The van der Waals surface area contributed by atoms with Gasteiger partial charge in [-0.2, -0.15) is 0 Å². The molecule has 0 aliphatic rings. The molecule has 92 valence electrons. The Labute approximate surface area is 115 Å². The Morgan fingerprint density at radius 3 is 2.33 bits per heavy atom. The largest absolute Gasteiger partial charge is 0.478 e. The number of halogens is 2. The molecule has 2 aromatic carbocycles. The van der Waals surface area contributed by atoms with Crippen molar-refractivity contribution in [2.24, 2.45) is 0 Å². The topological polar surface area (TPSA) is 37.3 Å². The van der Waals surface area contributed by atoms with Gasteiger partial charge in [-0.3, -0.25) is 0 Å². The summed E-state index contributed by atoms with van der Waals surface area (Å²) in [5, 5.41) is 9.96. The number of benzene rings is 2. The lowest BCUT2D eigenvalue weighted by atomic mass is 10.0. The van der Waals surface area contributed by atoms with Crippen molar-refractivity contribution in [2.45, 2.75) is 6.92 Å². The van der Waals surface area contributed by atoms with Gasteiger partial charge in [0.1, 0.15) is 0 Å². The second kappa shape index (κ2) is 5.01. The van der Waals surface area contributed by atoms with Crippen LogP contribution in [0.25, 0.3) is 11.1 Å². The lowest BCUT2D eigenvalue weighted by Crippen LogP contribution is -1.97. The minimum Gasteiger partial charge on any atom is -0.478 e. The van der Waals surface area contributed by atoms with Gasteiger partial charge in [-0.05, 0) is 47.9 Å². The summed E-state index contributed by atoms with van der Waals surface area (Å²) in [6.07, 6.45) is 0. The van der Waals surface area contributed by atoms with Crippen LogP contribution in [0.15, 0.2) is 36.4 Å². The van der Waals surface area contributed by atoms with Crippen LogP contribution in [0.4, 0.5) is 0 Å².